The summed E-state index contributed by atoms with van der Waals surface area (Å²) < 4.78 is 1.68. The van der Waals surface area contributed by atoms with Crippen molar-refractivity contribution in [2.75, 3.05) is 26.9 Å². The second-order valence-corrected chi connectivity index (χ2v) is 3.57. The number of rotatable bonds is 2. The van der Waals surface area contributed by atoms with Gasteiger partial charge >= 0.3 is 0 Å². The molecule has 0 saturated carbocycles. The monoisotopic (exact) mass is 165 g/mol. The molecule has 0 heterocycles. The highest BCUT2D eigenvalue weighted by Gasteiger charge is 1.62. The minimum Gasteiger partial charge on any atom is -0.312 e. The Kier molecular flexibility index (Phi) is 15.1. The summed E-state index contributed by atoms with van der Waals surface area (Å²) in [5.41, 5.74) is 0. The van der Waals surface area contributed by atoms with Crippen LogP contribution in [0.5, 0.6) is 0 Å². The van der Waals surface area contributed by atoms with Crippen molar-refractivity contribution in [3.05, 3.63) is 0 Å². The Morgan fingerprint density at radius 1 is 1.44 bits per heavy atom. The zero-order chi connectivity index (χ0) is 7.70. The molecule has 0 rings (SSSR count). The van der Waals surface area contributed by atoms with Gasteiger partial charge in [-0.2, -0.15) is 0 Å². The third-order valence-electron chi connectivity index (χ3n) is 0.235. The van der Waals surface area contributed by atoms with Crippen LogP contribution in [0.15, 0.2) is 0 Å². The maximum atomic E-state index is 4.49. The fraction of sp³-hybridized carbons (Fsp3) is 0.833. The third kappa shape index (κ3) is 59.7. The average molecular weight is 165 g/mol. The van der Waals surface area contributed by atoms with Gasteiger partial charge in [-0.1, -0.05) is 19.1 Å². The van der Waals surface area contributed by atoms with E-state index in [0.717, 1.165) is 5.75 Å². The zero-order valence-corrected chi connectivity index (χ0v) is 8.18. The predicted octanol–water partition coefficient (Wildman–Crippen LogP) is 1.87. The van der Waals surface area contributed by atoms with Crippen molar-refractivity contribution < 1.29 is 0 Å². The second kappa shape index (κ2) is 11.2. The highest BCUT2D eigenvalue weighted by atomic mass is 32.2. The lowest BCUT2D eigenvalue weighted by atomic mass is 11.0. The molecule has 3 heteroatoms. The van der Waals surface area contributed by atoms with E-state index in [2.05, 4.69) is 19.1 Å². The van der Waals surface area contributed by atoms with Crippen LogP contribution in [0.25, 0.3) is 0 Å². The van der Waals surface area contributed by atoms with Gasteiger partial charge in [-0.25, -0.2) is 0 Å². The molecule has 0 aliphatic rings. The molecular weight excluding hydrogens is 150 g/mol. The van der Waals surface area contributed by atoms with Gasteiger partial charge in [0.1, 0.15) is 0 Å². The van der Waals surface area contributed by atoms with Gasteiger partial charge in [-0.15, -0.1) is 11.8 Å². The quantitative estimate of drug-likeness (QED) is 0.575. The molecule has 0 aliphatic carbocycles. The Bertz CT molecular complexity index is 52.3. The molecule has 1 nitrogen and oxygen atoms in total. The largest absolute Gasteiger partial charge is 0.312 e. The van der Waals surface area contributed by atoms with Gasteiger partial charge < -0.3 is 4.90 Å². The molecule has 0 radical (unpaired) electrons. The summed E-state index contributed by atoms with van der Waals surface area (Å²) in [6.45, 7) is 2.08. The Labute approximate surface area is 67.8 Å². The summed E-state index contributed by atoms with van der Waals surface area (Å²) >= 11 is 6.14. The first-order valence-electron chi connectivity index (χ1n) is 2.81. The predicted molar refractivity (Wildman–Crippen MR) is 51.4 cm³/mol. The van der Waals surface area contributed by atoms with Crippen LogP contribution in [0.3, 0.4) is 0 Å². The van der Waals surface area contributed by atoms with Crippen molar-refractivity contribution in [3.8, 4) is 0 Å². The minimum atomic E-state index is 1.10. The van der Waals surface area contributed by atoms with E-state index in [0.29, 0.717) is 0 Å². The van der Waals surface area contributed by atoms with E-state index in [9.17, 15) is 0 Å². The second-order valence-electron chi connectivity index (χ2n) is 1.89. The Morgan fingerprint density at radius 2 is 1.78 bits per heavy atom. The number of hydrogen-bond acceptors (Lipinski definition) is 3. The van der Waals surface area contributed by atoms with Crippen molar-refractivity contribution in [3.63, 3.8) is 0 Å². The summed E-state index contributed by atoms with van der Waals surface area (Å²) in [6, 6.07) is 0. The normalized spacial score (nSPS) is 8.11. The summed E-state index contributed by atoms with van der Waals surface area (Å²) in [7, 11) is 6.00. The maximum absolute atomic E-state index is 4.49. The molecule has 0 saturated heterocycles. The minimum absolute atomic E-state index is 1.10. The highest BCUT2D eigenvalue weighted by Crippen LogP contribution is 1.88. The van der Waals surface area contributed by atoms with Crippen molar-refractivity contribution in [2.24, 2.45) is 0 Å². The molecule has 0 unspecified atom stereocenters. The lowest BCUT2D eigenvalue weighted by Gasteiger charge is -1.90. The first kappa shape index (κ1) is 12.1. The summed E-state index contributed by atoms with van der Waals surface area (Å²) in [6.07, 6.45) is 0. The first-order chi connectivity index (χ1) is 4.15. The van der Waals surface area contributed by atoms with Crippen molar-refractivity contribution in [1.82, 2.24) is 4.90 Å². The van der Waals surface area contributed by atoms with Crippen molar-refractivity contribution in [2.45, 2.75) is 6.92 Å². The summed E-state index contributed by atoms with van der Waals surface area (Å²) in [5.74, 6) is 1.10. The lowest BCUT2D eigenvalue weighted by Crippen LogP contribution is -1.99. The topological polar surface area (TPSA) is 3.24 Å². The van der Waals surface area contributed by atoms with E-state index in [-0.39, 0.29) is 0 Å². The molecule has 0 atom stereocenters. The van der Waals surface area contributed by atoms with E-state index < -0.39 is 0 Å². The van der Waals surface area contributed by atoms with Crippen LogP contribution < -0.4 is 0 Å². The SMILES string of the molecule is CCSC=S.CN(C)C. The van der Waals surface area contributed by atoms with E-state index >= 15 is 0 Å². The van der Waals surface area contributed by atoms with Gasteiger partial charge in [-0.05, 0) is 26.9 Å². The Balaban J connectivity index is 0. The zero-order valence-electron chi connectivity index (χ0n) is 6.55. The number of hydrogen-bond donors (Lipinski definition) is 0. The summed E-state index contributed by atoms with van der Waals surface area (Å²) in [5, 5.41) is 0. The Morgan fingerprint density at radius 3 is 1.78 bits per heavy atom. The first-order valence-corrected chi connectivity index (χ1v) is 4.33. The third-order valence-corrected chi connectivity index (χ3v) is 1.11. The van der Waals surface area contributed by atoms with Crippen LogP contribution in [0.1, 0.15) is 6.92 Å². The molecule has 0 aromatic heterocycles. The number of nitrogens with zero attached hydrogens (tertiary/aromatic N) is 1. The molecule has 0 aromatic carbocycles. The molecule has 0 aromatic rings. The molecule has 0 N–H and O–H groups in total. The smallest absolute Gasteiger partial charge is 0.0341 e. The van der Waals surface area contributed by atoms with Gasteiger partial charge in [0.15, 0.2) is 0 Å². The fourth-order valence-electron chi connectivity index (χ4n) is 0.0680. The summed E-state index contributed by atoms with van der Waals surface area (Å²) in [4.78, 5) is 2.00. The highest BCUT2D eigenvalue weighted by molar-refractivity contribution is 8.20. The Hall–Kier alpha value is 0.400. The number of thioether (sulfide) groups is 1. The van der Waals surface area contributed by atoms with E-state index in [1.54, 1.807) is 16.5 Å². The van der Waals surface area contributed by atoms with Crippen LogP contribution in [0, 0.1) is 0 Å². The molecule has 56 valence electrons. The lowest BCUT2D eigenvalue weighted by molar-refractivity contribution is 0.505. The molecule has 0 amide bonds. The van der Waals surface area contributed by atoms with Gasteiger partial charge in [0.05, 0.1) is 0 Å². The molecule has 0 fully saturated rings. The molecule has 0 spiro atoms. The molecule has 0 bridgehead atoms. The van der Waals surface area contributed by atoms with Crippen LogP contribution >= 0.6 is 24.0 Å². The van der Waals surface area contributed by atoms with Crippen LogP contribution in [-0.4, -0.2) is 36.5 Å². The standard InChI is InChI=1S/C3H9N.C3H6S2/c1-4(2)3;1-2-5-3-4/h1-3H3;3H,2H2,1H3. The van der Waals surface area contributed by atoms with Crippen LogP contribution in [0.4, 0.5) is 0 Å². The number of thiocarbonyl (C=S) groups is 1. The van der Waals surface area contributed by atoms with E-state index in [4.69, 9.17) is 0 Å². The van der Waals surface area contributed by atoms with Crippen LogP contribution in [0.2, 0.25) is 0 Å². The molecular formula is C6H15NS2. The van der Waals surface area contributed by atoms with Gasteiger partial charge in [0.25, 0.3) is 0 Å². The van der Waals surface area contributed by atoms with E-state index in [1.165, 1.54) is 0 Å². The van der Waals surface area contributed by atoms with Crippen LogP contribution in [-0.2, 0) is 0 Å². The maximum Gasteiger partial charge on any atom is 0.0341 e. The van der Waals surface area contributed by atoms with E-state index in [1.807, 2.05) is 26.0 Å². The van der Waals surface area contributed by atoms with Crippen molar-refractivity contribution in [1.29, 1.82) is 0 Å². The fourth-order valence-corrected chi connectivity index (χ4v) is 0.612. The van der Waals surface area contributed by atoms with Gasteiger partial charge in [0, 0.05) is 4.70 Å². The molecule has 0 aliphatic heterocycles. The van der Waals surface area contributed by atoms with Gasteiger partial charge in [0.2, 0.25) is 0 Å². The molecule has 9 heavy (non-hydrogen) atoms. The van der Waals surface area contributed by atoms with Crippen molar-refractivity contribution >= 4 is 28.7 Å². The van der Waals surface area contributed by atoms with Gasteiger partial charge in [-0.3, -0.25) is 0 Å². The average Bonchev–Trinajstić information content (AvgIpc) is 1.66.